The van der Waals surface area contributed by atoms with E-state index in [4.69, 9.17) is 9.47 Å². The van der Waals surface area contributed by atoms with Crippen molar-refractivity contribution in [2.45, 2.75) is 144 Å². The Morgan fingerprint density at radius 3 is 1.42 bits per heavy atom. The van der Waals surface area contributed by atoms with Crippen LogP contribution in [0.2, 0.25) is 0 Å². The van der Waals surface area contributed by atoms with E-state index in [9.17, 15) is 14.7 Å². The van der Waals surface area contributed by atoms with E-state index in [2.05, 4.69) is 87.9 Å². The fourth-order valence-electron chi connectivity index (χ4n) is 5.78. The minimum atomic E-state index is -0.225. The molecule has 0 atom stereocenters. The Hall–Kier alpha value is -3.08. The van der Waals surface area contributed by atoms with Gasteiger partial charge in [-0.1, -0.05) is 87.1 Å². The number of ether oxygens (including phenoxy) is 2. The number of aryl methyl sites for hydroxylation is 2. The maximum atomic E-state index is 12.5. The summed E-state index contributed by atoms with van der Waals surface area (Å²) in [5, 5.41) is 10.7. The van der Waals surface area contributed by atoms with Gasteiger partial charge in [0.1, 0.15) is 5.75 Å². The highest BCUT2D eigenvalue weighted by atomic mass is 16.5. The Labute approximate surface area is 273 Å². The first-order valence-corrected chi connectivity index (χ1v) is 16.7. The molecule has 0 aliphatic rings. The molecule has 0 aliphatic carbocycles. The van der Waals surface area contributed by atoms with Crippen molar-refractivity contribution in [1.82, 2.24) is 0 Å². The topological polar surface area (TPSA) is 72.8 Å². The largest absolute Gasteiger partial charge is 0.507 e. The molecule has 0 aliphatic heterocycles. The van der Waals surface area contributed by atoms with Crippen molar-refractivity contribution >= 4 is 17.5 Å². The Balaban J connectivity index is 1.69. The number of aromatic hydroxyl groups is 1. The molecule has 0 bridgehead atoms. The molecule has 0 saturated heterocycles. The number of phenols is 1. The number of allylic oxidation sites excluding steroid dienone is 1. The van der Waals surface area contributed by atoms with Crippen LogP contribution in [-0.2, 0) is 48.1 Å². The zero-order chi connectivity index (χ0) is 34.2. The lowest BCUT2D eigenvalue weighted by atomic mass is 9.75. The lowest BCUT2D eigenvalue weighted by Crippen LogP contribution is -2.20. The van der Waals surface area contributed by atoms with Gasteiger partial charge in [-0.3, -0.25) is 9.59 Å². The van der Waals surface area contributed by atoms with Crippen LogP contribution in [0.1, 0.15) is 147 Å². The highest BCUT2D eigenvalue weighted by Gasteiger charge is 2.25. The van der Waals surface area contributed by atoms with Gasteiger partial charge in [0.05, 0.1) is 13.2 Å². The molecule has 2 rings (SSSR count). The third-order valence-corrected chi connectivity index (χ3v) is 8.32. The SMILES string of the molecule is C=C(C)c1cc(CCC(=O)OCCCCCCOC(=O)CCc2cc(C(C)(C)C)c(C)c(C(C)(C)C)c2)cc(C(C)(C)C)c1O. The standard InChI is InChI=1S/C40H60O5/c1-27(2)31-23-29(26-34(37(31)43)40(10,11)12)17-19-35(41)44-21-15-13-14-16-22-45-36(42)20-18-30-24-32(38(4,5)6)28(3)33(25-30)39(7,8)9/h23-26,43H,1,13-22H2,2-12H3. The highest BCUT2D eigenvalue weighted by Crippen LogP contribution is 2.38. The molecular formula is C40H60O5. The number of benzene rings is 2. The van der Waals surface area contributed by atoms with Crippen LogP contribution in [0, 0.1) is 6.92 Å². The zero-order valence-corrected chi connectivity index (χ0v) is 30.2. The molecule has 2 aromatic rings. The number of unbranched alkanes of at least 4 members (excludes halogenated alkanes) is 3. The van der Waals surface area contributed by atoms with Gasteiger partial charge in [-0.2, -0.15) is 0 Å². The minimum Gasteiger partial charge on any atom is -0.507 e. The van der Waals surface area contributed by atoms with E-state index in [-0.39, 0.29) is 40.4 Å². The number of carbonyl (C=O) groups excluding carboxylic acids is 2. The molecule has 250 valence electrons. The molecule has 0 spiro atoms. The summed E-state index contributed by atoms with van der Waals surface area (Å²) >= 11 is 0. The van der Waals surface area contributed by atoms with Crippen molar-refractivity contribution in [3.63, 3.8) is 0 Å². The van der Waals surface area contributed by atoms with Gasteiger partial charge in [0.2, 0.25) is 0 Å². The number of esters is 2. The van der Waals surface area contributed by atoms with Crippen LogP contribution in [0.3, 0.4) is 0 Å². The van der Waals surface area contributed by atoms with Crippen molar-refractivity contribution in [2.24, 2.45) is 0 Å². The van der Waals surface area contributed by atoms with Gasteiger partial charge in [-0.15, -0.1) is 0 Å². The molecule has 0 unspecified atom stereocenters. The predicted octanol–water partition coefficient (Wildman–Crippen LogP) is 9.84. The second kappa shape index (κ2) is 16.0. The Morgan fingerprint density at radius 1 is 0.667 bits per heavy atom. The summed E-state index contributed by atoms with van der Waals surface area (Å²) in [5.74, 6) is -0.107. The predicted molar refractivity (Wildman–Crippen MR) is 187 cm³/mol. The fraction of sp³-hybridized carbons (Fsp3) is 0.600. The Kier molecular flexibility index (Phi) is 13.5. The third-order valence-electron chi connectivity index (χ3n) is 8.32. The fourth-order valence-corrected chi connectivity index (χ4v) is 5.78. The van der Waals surface area contributed by atoms with Crippen molar-refractivity contribution in [3.05, 3.63) is 69.8 Å². The zero-order valence-electron chi connectivity index (χ0n) is 30.2. The van der Waals surface area contributed by atoms with Crippen molar-refractivity contribution in [2.75, 3.05) is 13.2 Å². The van der Waals surface area contributed by atoms with Gasteiger partial charge in [0.25, 0.3) is 0 Å². The second-order valence-corrected chi connectivity index (χ2v) is 15.7. The molecule has 0 saturated carbocycles. The monoisotopic (exact) mass is 620 g/mol. The molecule has 45 heavy (non-hydrogen) atoms. The average Bonchev–Trinajstić information content (AvgIpc) is 2.91. The first kappa shape index (κ1) is 38.1. The van der Waals surface area contributed by atoms with E-state index in [1.807, 2.05) is 19.1 Å². The van der Waals surface area contributed by atoms with E-state index < -0.39 is 0 Å². The molecule has 0 heterocycles. The average molecular weight is 621 g/mol. The highest BCUT2D eigenvalue weighted by molar-refractivity contribution is 5.72. The van der Waals surface area contributed by atoms with E-state index in [1.54, 1.807) is 0 Å². The summed E-state index contributed by atoms with van der Waals surface area (Å²) in [7, 11) is 0. The lowest BCUT2D eigenvalue weighted by molar-refractivity contribution is -0.145. The number of phenolic OH excluding ortho intramolecular Hbond substituents is 1. The molecule has 0 fully saturated rings. The minimum absolute atomic E-state index is 0.0400. The van der Waals surface area contributed by atoms with Crippen LogP contribution in [0.4, 0.5) is 0 Å². The molecule has 0 aromatic heterocycles. The van der Waals surface area contributed by atoms with Gasteiger partial charge in [-0.25, -0.2) is 0 Å². The van der Waals surface area contributed by atoms with Crippen molar-refractivity contribution in [1.29, 1.82) is 0 Å². The summed E-state index contributed by atoms with van der Waals surface area (Å²) in [6.45, 7) is 28.5. The summed E-state index contributed by atoms with van der Waals surface area (Å²) in [6.07, 6.45) is 5.30. The van der Waals surface area contributed by atoms with Gasteiger partial charge in [0.15, 0.2) is 0 Å². The molecule has 0 amide bonds. The Morgan fingerprint density at radius 2 is 1.04 bits per heavy atom. The van der Waals surface area contributed by atoms with Gasteiger partial charge in [0, 0.05) is 24.0 Å². The molecule has 0 radical (unpaired) electrons. The van der Waals surface area contributed by atoms with Crippen molar-refractivity contribution < 1.29 is 24.2 Å². The third kappa shape index (κ3) is 12.0. The quantitative estimate of drug-likeness (QED) is 0.168. The summed E-state index contributed by atoms with van der Waals surface area (Å²) in [4.78, 5) is 24.8. The molecule has 5 heteroatoms. The maximum absolute atomic E-state index is 12.5. The van der Waals surface area contributed by atoms with Crippen molar-refractivity contribution in [3.8, 4) is 5.75 Å². The molecule has 1 N–H and O–H groups in total. The first-order valence-electron chi connectivity index (χ1n) is 16.7. The summed E-state index contributed by atoms with van der Waals surface area (Å²) in [6, 6.07) is 8.43. The van der Waals surface area contributed by atoms with Crippen LogP contribution < -0.4 is 0 Å². The van der Waals surface area contributed by atoms with Crippen LogP contribution in [0.5, 0.6) is 5.75 Å². The van der Waals surface area contributed by atoms with Crippen LogP contribution in [-0.4, -0.2) is 30.3 Å². The van der Waals surface area contributed by atoms with Crippen LogP contribution in [0.25, 0.3) is 5.57 Å². The Bertz CT molecular complexity index is 1290. The van der Waals surface area contributed by atoms with E-state index >= 15 is 0 Å². The van der Waals surface area contributed by atoms with Crippen LogP contribution in [0.15, 0.2) is 30.8 Å². The second-order valence-electron chi connectivity index (χ2n) is 15.7. The van der Waals surface area contributed by atoms with Gasteiger partial charge in [-0.05, 0) is 108 Å². The lowest BCUT2D eigenvalue weighted by Gasteiger charge is -2.30. The molecule has 2 aromatic carbocycles. The number of rotatable bonds is 14. The smallest absolute Gasteiger partial charge is 0.306 e. The van der Waals surface area contributed by atoms with E-state index in [1.165, 1.54) is 22.3 Å². The maximum Gasteiger partial charge on any atom is 0.306 e. The summed E-state index contributed by atoms with van der Waals surface area (Å²) in [5.41, 5.74) is 8.44. The molecule has 5 nitrogen and oxygen atoms in total. The normalized spacial score (nSPS) is 12.2. The van der Waals surface area contributed by atoms with Gasteiger partial charge >= 0.3 is 11.9 Å². The number of hydrogen-bond donors (Lipinski definition) is 1. The van der Waals surface area contributed by atoms with Crippen LogP contribution >= 0.6 is 0 Å². The van der Waals surface area contributed by atoms with E-state index in [0.29, 0.717) is 32.5 Å². The van der Waals surface area contributed by atoms with Gasteiger partial charge < -0.3 is 14.6 Å². The summed E-state index contributed by atoms with van der Waals surface area (Å²) < 4.78 is 11.0. The number of hydrogen-bond acceptors (Lipinski definition) is 5. The first-order chi connectivity index (χ1) is 20.7. The molecular weight excluding hydrogens is 560 g/mol. The van der Waals surface area contributed by atoms with E-state index in [0.717, 1.165) is 47.9 Å². The number of carbonyl (C=O) groups is 2.